The Balaban J connectivity index is 3.90. The zero-order valence-corrected chi connectivity index (χ0v) is 12.1. The molecule has 2 nitrogen and oxygen atoms in total. The predicted octanol–water partition coefficient (Wildman–Crippen LogP) is 3.13. The van der Waals surface area contributed by atoms with Gasteiger partial charge in [-0.05, 0) is 45.4 Å². The summed E-state index contributed by atoms with van der Waals surface area (Å²) in [5.41, 5.74) is 0. The van der Waals surface area contributed by atoms with Crippen molar-refractivity contribution in [2.45, 2.75) is 59.4 Å². The minimum Gasteiger partial charge on any atom is -0.317 e. The van der Waals surface area contributed by atoms with Crippen LogP contribution in [0.25, 0.3) is 0 Å². The SMILES string of the molecule is CCC(CC)CC(CCN(CC)CC)NC. The summed E-state index contributed by atoms with van der Waals surface area (Å²) in [5, 5.41) is 3.48. The van der Waals surface area contributed by atoms with E-state index in [9.17, 15) is 0 Å². The van der Waals surface area contributed by atoms with Crippen LogP contribution in [0.2, 0.25) is 0 Å². The molecule has 0 bridgehead atoms. The molecule has 2 heteroatoms. The van der Waals surface area contributed by atoms with Crippen LogP contribution in [0.1, 0.15) is 53.4 Å². The predicted molar refractivity (Wildman–Crippen MR) is 73.9 cm³/mol. The molecule has 0 aromatic heterocycles. The van der Waals surface area contributed by atoms with Crippen LogP contribution in [-0.4, -0.2) is 37.6 Å². The van der Waals surface area contributed by atoms with Gasteiger partial charge in [-0.3, -0.25) is 0 Å². The van der Waals surface area contributed by atoms with Gasteiger partial charge in [0.1, 0.15) is 0 Å². The molecule has 0 amide bonds. The van der Waals surface area contributed by atoms with E-state index in [1.54, 1.807) is 0 Å². The maximum Gasteiger partial charge on any atom is 0.00788 e. The first-order valence-electron chi connectivity index (χ1n) is 7.11. The molecule has 0 rings (SSSR count). The molecule has 98 valence electrons. The second kappa shape index (κ2) is 10.1. The zero-order chi connectivity index (χ0) is 12.4. The first-order chi connectivity index (χ1) is 7.71. The van der Waals surface area contributed by atoms with Crippen LogP contribution in [0, 0.1) is 5.92 Å². The van der Waals surface area contributed by atoms with Crippen molar-refractivity contribution in [3.8, 4) is 0 Å². The Morgan fingerprint density at radius 3 is 1.94 bits per heavy atom. The highest BCUT2D eigenvalue weighted by Gasteiger charge is 2.13. The lowest BCUT2D eigenvalue weighted by atomic mass is 9.93. The summed E-state index contributed by atoms with van der Waals surface area (Å²) in [6.07, 6.45) is 5.26. The molecule has 0 spiro atoms. The average molecular weight is 228 g/mol. The van der Waals surface area contributed by atoms with Gasteiger partial charge in [-0.15, -0.1) is 0 Å². The Kier molecular flexibility index (Phi) is 10.0. The zero-order valence-electron chi connectivity index (χ0n) is 12.1. The van der Waals surface area contributed by atoms with E-state index < -0.39 is 0 Å². The standard InChI is InChI=1S/C14H32N2/c1-6-13(7-2)12-14(15-5)10-11-16(8-3)9-4/h13-15H,6-12H2,1-5H3. The van der Waals surface area contributed by atoms with E-state index in [2.05, 4.69) is 45.0 Å². The lowest BCUT2D eigenvalue weighted by Crippen LogP contribution is -2.33. The largest absolute Gasteiger partial charge is 0.317 e. The molecular weight excluding hydrogens is 196 g/mol. The fraction of sp³-hybridized carbons (Fsp3) is 1.00. The highest BCUT2D eigenvalue weighted by Crippen LogP contribution is 2.16. The van der Waals surface area contributed by atoms with Gasteiger partial charge in [-0.2, -0.15) is 0 Å². The lowest BCUT2D eigenvalue weighted by Gasteiger charge is -2.25. The first-order valence-corrected chi connectivity index (χ1v) is 7.11. The Hall–Kier alpha value is -0.0800. The average Bonchev–Trinajstić information content (AvgIpc) is 2.34. The van der Waals surface area contributed by atoms with Crippen LogP contribution in [-0.2, 0) is 0 Å². The molecule has 0 aliphatic carbocycles. The maximum absolute atomic E-state index is 3.48. The Morgan fingerprint density at radius 1 is 1.00 bits per heavy atom. The fourth-order valence-corrected chi connectivity index (χ4v) is 2.28. The van der Waals surface area contributed by atoms with Crippen molar-refractivity contribution in [2.24, 2.45) is 5.92 Å². The molecule has 0 saturated carbocycles. The first kappa shape index (κ1) is 15.9. The highest BCUT2D eigenvalue weighted by atomic mass is 15.1. The van der Waals surface area contributed by atoms with Crippen molar-refractivity contribution in [2.75, 3.05) is 26.7 Å². The second-order valence-electron chi connectivity index (χ2n) is 4.72. The summed E-state index contributed by atoms with van der Waals surface area (Å²) in [4.78, 5) is 2.51. The minimum absolute atomic E-state index is 0.700. The highest BCUT2D eigenvalue weighted by molar-refractivity contribution is 4.71. The van der Waals surface area contributed by atoms with Gasteiger partial charge >= 0.3 is 0 Å². The lowest BCUT2D eigenvalue weighted by molar-refractivity contribution is 0.268. The number of hydrogen-bond acceptors (Lipinski definition) is 2. The van der Waals surface area contributed by atoms with E-state index in [0.717, 1.165) is 5.92 Å². The molecule has 0 fully saturated rings. The van der Waals surface area contributed by atoms with Crippen LogP contribution in [0.15, 0.2) is 0 Å². The van der Waals surface area contributed by atoms with Gasteiger partial charge in [0.05, 0.1) is 0 Å². The van der Waals surface area contributed by atoms with Gasteiger partial charge in [0, 0.05) is 6.04 Å². The number of hydrogen-bond donors (Lipinski definition) is 1. The second-order valence-corrected chi connectivity index (χ2v) is 4.72. The van der Waals surface area contributed by atoms with E-state index in [1.165, 1.54) is 45.3 Å². The summed E-state index contributed by atoms with van der Waals surface area (Å²) in [6, 6.07) is 0.700. The molecule has 0 heterocycles. The molecule has 1 N–H and O–H groups in total. The van der Waals surface area contributed by atoms with Gasteiger partial charge in [0.2, 0.25) is 0 Å². The summed E-state index contributed by atoms with van der Waals surface area (Å²) < 4.78 is 0. The molecule has 0 radical (unpaired) electrons. The number of nitrogens with zero attached hydrogens (tertiary/aromatic N) is 1. The van der Waals surface area contributed by atoms with Crippen LogP contribution in [0.4, 0.5) is 0 Å². The van der Waals surface area contributed by atoms with Crippen molar-refractivity contribution in [3.05, 3.63) is 0 Å². The molecule has 1 unspecified atom stereocenters. The topological polar surface area (TPSA) is 15.3 Å². The molecule has 0 aromatic carbocycles. The van der Waals surface area contributed by atoms with Crippen molar-refractivity contribution in [1.29, 1.82) is 0 Å². The van der Waals surface area contributed by atoms with E-state index in [-0.39, 0.29) is 0 Å². The monoisotopic (exact) mass is 228 g/mol. The molecule has 0 aliphatic heterocycles. The molecular formula is C14H32N2. The summed E-state index contributed by atoms with van der Waals surface area (Å²) in [5.74, 6) is 0.897. The van der Waals surface area contributed by atoms with Crippen LogP contribution >= 0.6 is 0 Å². The molecule has 0 saturated heterocycles. The quantitative estimate of drug-likeness (QED) is 0.618. The maximum atomic E-state index is 3.48. The Bertz CT molecular complexity index is 140. The van der Waals surface area contributed by atoms with E-state index in [0.29, 0.717) is 6.04 Å². The van der Waals surface area contributed by atoms with Crippen molar-refractivity contribution < 1.29 is 0 Å². The molecule has 0 aliphatic rings. The van der Waals surface area contributed by atoms with Gasteiger partial charge in [-0.1, -0.05) is 40.5 Å². The Morgan fingerprint density at radius 2 is 1.56 bits per heavy atom. The number of rotatable bonds is 10. The van der Waals surface area contributed by atoms with Gasteiger partial charge in [0.25, 0.3) is 0 Å². The van der Waals surface area contributed by atoms with Gasteiger partial charge in [-0.25, -0.2) is 0 Å². The van der Waals surface area contributed by atoms with E-state index in [4.69, 9.17) is 0 Å². The minimum atomic E-state index is 0.700. The molecule has 16 heavy (non-hydrogen) atoms. The third kappa shape index (κ3) is 6.49. The fourth-order valence-electron chi connectivity index (χ4n) is 2.28. The molecule has 0 aromatic rings. The van der Waals surface area contributed by atoms with Gasteiger partial charge in [0.15, 0.2) is 0 Å². The van der Waals surface area contributed by atoms with Crippen molar-refractivity contribution >= 4 is 0 Å². The van der Waals surface area contributed by atoms with Crippen molar-refractivity contribution in [1.82, 2.24) is 10.2 Å². The third-order valence-electron chi connectivity index (χ3n) is 3.87. The normalized spacial score (nSPS) is 13.7. The van der Waals surface area contributed by atoms with Crippen molar-refractivity contribution in [3.63, 3.8) is 0 Å². The summed E-state index contributed by atoms with van der Waals surface area (Å²) in [7, 11) is 2.11. The van der Waals surface area contributed by atoms with E-state index >= 15 is 0 Å². The van der Waals surface area contributed by atoms with Crippen LogP contribution in [0.3, 0.4) is 0 Å². The summed E-state index contributed by atoms with van der Waals surface area (Å²) in [6.45, 7) is 12.7. The van der Waals surface area contributed by atoms with Gasteiger partial charge < -0.3 is 10.2 Å². The van der Waals surface area contributed by atoms with Crippen LogP contribution in [0.5, 0.6) is 0 Å². The van der Waals surface area contributed by atoms with E-state index in [1.807, 2.05) is 0 Å². The molecule has 1 atom stereocenters. The van der Waals surface area contributed by atoms with Crippen LogP contribution < -0.4 is 5.32 Å². The summed E-state index contributed by atoms with van der Waals surface area (Å²) >= 11 is 0. The third-order valence-corrected chi connectivity index (χ3v) is 3.87. The Labute approximate surface area is 103 Å². The smallest absolute Gasteiger partial charge is 0.00788 e. The number of nitrogens with one attached hydrogen (secondary N) is 1.